The number of nitrogens with zero attached hydrogens (tertiary/aromatic N) is 2. The van der Waals surface area contributed by atoms with Crippen LogP contribution in [0.15, 0.2) is 70.5 Å². The first-order valence-electron chi connectivity index (χ1n) is 9.01. The van der Waals surface area contributed by atoms with E-state index in [0.717, 1.165) is 4.57 Å². The maximum Gasteiger partial charge on any atom is 0.321 e. The Morgan fingerprint density at radius 1 is 1.00 bits per heavy atom. The fourth-order valence-corrected chi connectivity index (χ4v) is 2.81. The van der Waals surface area contributed by atoms with Crippen molar-refractivity contribution in [1.82, 2.24) is 9.13 Å². The van der Waals surface area contributed by atoms with Gasteiger partial charge in [-0.25, -0.2) is 0 Å². The quantitative estimate of drug-likeness (QED) is 0.618. The van der Waals surface area contributed by atoms with E-state index in [1.54, 1.807) is 48.5 Å². The number of carbonyl (C=O) groups is 1. The molecule has 2 aromatic carbocycles. The number of anilines is 1. The van der Waals surface area contributed by atoms with Crippen LogP contribution in [-0.2, 0) is 11.3 Å². The molecule has 0 aliphatic rings. The van der Waals surface area contributed by atoms with Crippen LogP contribution in [-0.4, -0.2) is 28.8 Å². The molecule has 1 aromatic heterocycles. The van der Waals surface area contributed by atoms with E-state index in [4.69, 9.17) is 9.47 Å². The van der Waals surface area contributed by atoms with Crippen LogP contribution in [0.3, 0.4) is 0 Å². The van der Waals surface area contributed by atoms with Crippen molar-refractivity contribution in [3.8, 4) is 17.2 Å². The van der Waals surface area contributed by atoms with Crippen LogP contribution in [0.25, 0.3) is 5.69 Å². The van der Waals surface area contributed by atoms with Gasteiger partial charge in [0, 0.05) is 18.1 Å². The average Bonchev–Trinajstić information content (AvgIpc) is 2.73. The first kappa shape index (κ1) is 19.9. The van der Waals surface area contributed by atoms with Crippen LogP contribution in [0.2, 0.25) is 0 Å². The highest BCUT2D eigenvalue weighted by molar-refractivity contribution is 5.90. The summed E-state index contributed by atoms with van der Waals surface area (Å²) in [6.07, 6.45) is 2.83. The minimum atomic E-state index is -0.805. The summed E-state index contributed by atoms with van der Waals surface area (Å²) in [6, 6.07) is 13.7. The van der Waals surface area contributed by atoms with Crippen molar-refractivity contribution in [1.29, 1.82) is 0 Å². The number of carbonyl (C=O) groups excluding carboxylic acids is 1. The van der Waals surface area contributed by atoms with Crippen molar-refractivity contribution in [3.05, 3.63) is 81.6 Å². The number of aromatic nitrogens is 2. The Morgan fingerprint density at radius 2 is 1.72 bits per heavy atom. The Balaban J connectivity index is 1.78. The Bertz CT molecular complexity index is 1120. The fraction of sp³-hybridized carbons (Fsp3) is 0.190. The molecule has 1 heterocycles. The predicted octanol–water partition coefficient (Wildman–Crippen LogP) is 2.05. The van der Waals surface area contributed by atoms with Crippen LogP contribution in [0, 0.1) is 0 Å². The zero-order chi connectivity index (χ0) is 20.8. The Hall–Kier alpha value is -3.81. The smallest absolute Gasteiger partial charge is 0.321 e. The topological polar surface area (TPSA) is 91.6 Å². The summed E-state index contributed by atoms with van der Waals surface area (Å²) < 4.78 is 12.9. The van der Waals surface area contributed by atoms with E-state index in [2.05, 4.69) is 5.32 Å². The highest BCUT2D eigenvalue weighted by Gasteiger charge is 2.12. The van der Waals surface area contributed by atoms with Gasteiger partial charge in [-0.3, -0.25) is 23.5 Å². The Kier molecular flexibility index (Phi) is 6.13. The molecular formula is C21H21N3O5. The number of hydrogen-bond donors (Lipinski definition) is 1. The molecule has 3 aromatic rings. The lowest BCUT2D eigenvalue weighted by atomic mass is 10.3. The van der Waals surface area contributed by atoms with E-state index in [9.17, 15) is 14.4 Å². The Labute approximate surface area is 166 Å². The number of rotatable bonds is 7. The molecule has 0 bridgehead atoms. The molecule has 0 saturated carbocycles. The zero-order valence-corrected chi connectivity index (χ0v) is 16.1. The zero-order valence-electron chi connectivity index (χ0n) is 16.1. The van der Waals surface area contributed by atoms with E-state index < -0.39 is 17.0 Å². The summed E-state index contributed by atoms with van der Waals surface area (Å²) in [6.45, 7) is 2.15. The highest BCUT2D eigenvalue weighted by Crippen LogP contribution is 2.20. The number of amides is 1. The van der Waals surface area contributed by atoms with Crippen LogP contribution in [0.5, 0.6) is 11.5 Å². The van der Waals surface area contributed by atoms with E-state index in [1.165, 1.54) is 24.1 Å². The van der Waals surface area contributed by atoms with Crippen LogP contribution in [0.4, 0.5) is 5.69 Å². The van der Waals surface area contributed by atoms with Gasteiger partial charge in [0.25, 0.3) is 0 Å². The second kappa shape index (κ2) is 8.92. The number of para-hydroxylation sites is 2. The molecule has 0 radical (unpaired) electrons. The fourth-order valence-electron chi connectivity index (χ4n) is 2.81. The van der Waals surface area contributed by atoms with Gasteiger partial charge in [0.05, 0.1) is 19.4 Å². The molecule has 0 atom stereocenters. The standard InChI is InChI=1S/C21H21N3O5/c1-3-29-16-10-8-15(9-11-16)22-19(25)14-23-12-13-24(21(27)20(23)26)17-6-4-5-7-18(17)28-2/h4-13H,3,14H2,1-2H3,(H,22,25). The monoisotopic (exact) mass is 395 g/mol. The number of benzene rings is 2. The molecule has 1 amide bonds. The van der Waals surface area contributed by atoms with Gasteiger partial charge in [0.2, 0.25) is 5.91 Å². The molecule has 1 N–H and O–H groups in total. The van der Waals surface area contributed by atoms with Gasteiger partial charge in [-0.2, -0.15) is 0 Å². The summed E-state index contributed by atoms with van der Waals surface area (Å²) in [4.78, 5) is 37.3. The molecule has 0 aliphatic heterocycles. The molecule has 0 unspecified atom stereocenters. The average molecular weight is 395 g/mol. The normalized spacial score (nSPS) is 10.4. The van der Waals surface area contributed by atoms with Gasteiger partial charge >= 0.3 is 11.1 Å². The third-order valence-corrected chi connectivity index (χ3v) is 4.17. The SMILES string of the molecule is CCOc1ccc(NC(=O)Cn2ccn(-c3ccccc3OC)c(=O)c2=O)cc1. The van der Waals surface area contributed by atoms with Crippen molar-refractivity contribution in [2.45, 2.75) is 13.5 Å². The van der Waals surface area contributed by atoms with Gasteiger partial charge in [-0.1, -0.05) is 12.1 Å². The van der Waals surface area contributed by atoms with Crippen molar-refractivity contribution >= 4 is 11.6 Å². The second-order valence-electron chi connectivity index (χ2n) is 6.08. The maximum atomic E-state index is 12.5. The van der Waals surface area contributed by atoms with E-state index in [0.29, 0.717) is 29.5 Å². The van der Waals surface area contributed by atoms with Crippen molar-refractivity contribution < 1.29 is 14.3 Å². The minimum absolute atomic E-state index is 0.284. The van der Waals surface area contributed by atoms with Crippen molar-refractivity contribution in [2.24, 2.45) is 0 Å². The van der Waals surface area contributed by atoms with Gasteiger partial charge in [-0.15, -0.1) is 0 Å². The molecule has 8 nitrogen and oxygen atoms in total. The molecule has 3 rings (SSSR count). The number of nitrogens with one attached hydrogen (secondary N) is 1. The Morgan fingerprint density at radius 3 is 2.41 bits per heavy atom. The summed E-state index contributed by atoms with van der Waals surface area (Å²) in [5.41, 5.74) is -0.567. The maximum absolute atomic E-state index is 12.5. The summed E-state index contributed by atoms with van der Waals surface area (Å²) in [7, 11) is 1.48. The van der Waals surface area contributed by atoms with E-state index >= 15 is 0 Å². The molecule has 8 heteroatoms. The van der Waals surface area contributed by atoms with Gasteiger partial charge in [0.15, 0.2) is 0 Å². The molecule has 0 spiro atoms. The third kappa shape index (κ3) is 4.55. The third-order valence-electron chi connectivity index (χ3n) is 4.17. The van der Waals surface area contributed by atoms with Crippen LogP contribution in [0.1, 0.15) is 6.92 Å². The van der Waals surface area contributed by atoms with Gasteiger partial charge in [0.1, 0.15) is 18.0 Å². The summed E-state index contributed by atoms with van der Waals surface area (Å²) in [5.74, 6) is 0.729. The second-order valence-corrected chi connectivity index (χ2v) is 6.08. The van der Waals surface area contributed by atoms with Crippen molar-refractivity contribution in [2.75, 3.05) is 19.0 Å². The molecule has 0 saturated heterocycles. The molecule has 150 valence electrons. The van der Waals surface area contributed by atoms with Crippen molar-refractivity contribution in [3.63, 3.8) is 0 Å². The molecule has 29 heavy (non-hydrogen) atoms. The number of methoxy groups -OCH3 is 1. The lowest BCUT2D eigenvalue weighted by Gasteiger charge is -2.12. The first-order chi connectivity index (χ1) is 14.0. The lowest BCUT2D eigenvalue weighted by Crippen LogP contribution is -2.41. The predicted molar refractivity (Wildman–Crippen MR) is 109 cm³/mol. The van der Waals surface area contributed by atoms with Crippen LogP contribution < -0.4 is 25.9 Å². The molecule has 0 aliphatic carbocycles. The number of hydrogen-bond acceptors (Lipinski definition) is 5. The van der Waals surface area contributed by atoms with Gasteiger partial charge in [-0.05, 0) is 43.3 Å². The van der Waals surface area contributed by atoms with Gasteiger partial charge < -0.3 is 14.8 Å². The molecular weight excluding hydrogens is 374 g/mol. The first-order valence-corrected chi connectivity index (χ1v) is 9.01. The largest absolute Gasteiger partial charge is 0.495 e. The van der Waals surface area contributed by atoms with E-state index in [-0.39, 0.29) is 6.54 Å². The summed E-state index contributed by atoms with van der Waals surface area (Å²) >= 11 is 0. The van der Waals surface area contributed by atoms with Crippen LogP contribution >= 0.6 is 0 Å². The minimum Gasteiger partial charge on any atom is -0.495 e. The van der Waals surface area contributed by atoms with E-state index in [1.807, 2.05) is 6.92 Å². The molecule has 0 fully saturated rings. The lowest BCUT2D eigenvalue weighted by molar-refractivity contribution is -0.116. The highest BCUT2D eigenvalue weighted by atomic mass is 16.5. The summed E-state index contributed by atoms with van der Waals surface area (Å²) in [5, 5.41) is 2.69. The number of ether oxygens (including phenoxy) is 2.